The van der Waals surface area contributed by atoms with E-state index in [4.69, 9.17) is 0 Å². The molecule has 0 spiro atoms. The van der Waals surface area contributed by atoms with Crippen LogP contribution in [0.3, 0.4) is 0 Å². The van der Waals surface area contributed by atoms with E-state index in [1.807, 2.05) is 13.8 Å². The Kier molecular flexibility index (Phi) is 4.76. The van der Waals surface area contributed by atoms with E-state index in [9.17, 15) is 13.5 Å². The van der Waals surface area contributed by atoms with Crippen molar-refractivity contribution in [2.45, 2.75) is 57.0 Å². The number of hydrogen-bond acceptors (Lipinski definition) is 3. The lowest BCUT2D eigenvalue weighted by molar-refractivity contribution is -0.00751. The highest BCUT2D eigenvalue weighted by Crippen LogP contribution is 2.32. The smallest absolute Gasteiger partial charge is 0.240 e. The summed E-state index contributed by atoms with van der Waals surface area (Å²) in [4.78, 5) is 0.262. The van der Waals surface area contributed by atoms with Crippen LogP contribution in [-0.2, 0) is 10.0 Å². The molecule has 118 valence electrons. The zero-order valence-corrected chi connectivity index (χ0v) is 13.8. The normalized spacial score (nSPS) is 26.8. The third kappa shape index (κ3) is 4.05. The Balaban J connectivity index is 2.09. The molecular formula is C16H25NO3S. The van der Waals surface area contributed by atoms with Crippen LogP contribution in [0.2, 0.25) is 0 Å². The Morgan fingerprint density at radius 1 is 1.33 bits per heavy atom. The fraction of sp³-hybridized carbons (Fsp3) is 0.625. The maximum atomic E-state index is 12.3. The maximum Gasteiger partial charge on any atom is 0.240 e. The fourth-order valence-corrected chi connectivity index (χ4v) is 4.19. The van der Waals surface area contributed by atoms with E-state index < -0.39 is 15.6 Å². The number of aryl methyl sites for hydroxylation is 2. The summed E-state index contributed by atoms with van der Waals surface area (Å²) >= 11 is 0. The van der Waals surface area contributed by atoms with E-state index >= 15 is 0 Å². The standard InChI is InChI=1S/C16H25NO3S/c1-12-5-4-8-16(18,10-12)11-17-21(19,20)15-7-6-13(2)14(3)9-15/h6-7,9,12,17-18H,4-5,8,10-11H2,1-3H3. The first-order chi connectivity index (χ1) is 9.72. The summed E-state index contributed by atoms with van der Waals surface area (Å²) < 4.78 is 27.3. The molecule has 0 amide bonds. The van der Waals surface area contributed by atoms with Crippen LogP contribution in [0.5, 0.6) is 0 Å². The molecule has 4 nitrogen and oxygen atoms in total. The molecule has 2 rings (SSSR count). The second-order valence-electron chi connectivity index (χ2n) is 6.50. The largest absolute Gasteiger partial charge is 0.389 e. The number of benzene rings is 1. The molecule has 0 bridgehead atoms. The molecule has 0 heterocycles. The van der Waals surface area contributed by atoms with Crippen molar-refractivity contribution in [3.05, 3.63) is 29.3 Å². The van der Waals surface area contributed by atoms with Crippen molar-refractivity contribution >= 4 is 10.0 Å². The first-order valence-corrected chi connectivity index (χ1v) is 8.99. The molecule has 0 aromatic heterocycles. The van der Waals surface area contributed by atoms with Crippen LogP contribution in [0.1, 0.15) is 43.7 Å². The van der Waals surface area contributed by atoms with Crippen molar-refractivity contribution in [1.29, 1.82) is 0 Å². The third-order valence-corrected chi connectivity index (χ3v) is 5.85. The van der Waals surface area contributed by atoms with Crippen molar-refractivity contribution < 1.29 is 13.5 Å². The summed E-state index contributed by atoms with van der Waals surface area (Å²) in [5.74, 6) is 0.440. The molecule has 1 saturated carbocycles. The molecule has 5 heteroatoms. The lowest BCUT2D eigenvalue weighted by Crippen LogP contribution is -2.45. The Morgan fingerprint density at radius 2 is 2.05 bits per heavy atom. The zero-order chi connectivity index (χ0) is 15.7. The predicted molar refractivity (Wildman–Crippen MR) is 83.7 cm³/mol. The molecular weight excluding hydrogens is 286 g/mol. The zero-order valence-electron chi connectivity index (χ0n) is 13.0. The number of aliphatic hydroxyl groups is 1. The molecule has 0 aliphatic heterocycles. The van der Waals surface area contributed by atoms with E-state index in [0.29, 0.717) is 18.8 Å². The van der Waals surface area contributed by atoms with Gasteiger partial charge in [-0.2, -0.15) is 0 Å². The number of rotatable bonds is 4. The Labute approximate surface area is 127 Å². The SMILES string of the molecule is Cc1ccc(S(=O)(=O)NCC2(O)CCCC(C)C2)cc1C. The Hall–Kier alpha value is -0.910. The van der Waals surface area contributed by atoms with Crippen LogP contribution in [0.4, 0.5) is 0 Å². The third-order valence-electron chi connectivity index (χ3n) is 4.45. The molecule has 1 aromatic carbocycles. The van der Waals surface area contributed by atoms with Crippen molar-refractivity contribution in [3.63, 3.8) is 0 Å². The van der Waals surface area contributed by atoms with Gasteiger partial charge < -0.3 is 5.11 Å². The van der Waals surface area contributed by atoms with Gasteiger partial charge in [-0.1, -0.05) is 25.8 Å². The van der Waals surface area contributed by atoms with Gasteiger partial charge in [0, 0.05) is 6.54 Å². The molecule has 0 radical (unpaired) electrons. The average molecular weight is 311 g/mol. The highest BCUT2D eigenvalue weighted by molar-refractivity contribution is 7.89. The van der Waals surface area contributed by atoms with E-state index in [1.54, 1.807) is 18.2 Å². The van der Waals surface area contributed by atoms with Gasteiger partial charge in [0.25, 0.3) is 0 Å². The van der Waals surface area contributed by atoms with E-state index in [1.165, 1.54) is 0 Å². The van der Waals surface area contributed by atoms with Gasteiger partial charge in [0.2, 0.25) is 10.0 Å². The highest BCUT2D eigenvalue weighted by Gasteiger charge is 2.33. The summed E-state index contributed by atoms with van der Waals surface area (Å²) in [6.07, 6.45) is 3.37. The van der Waals surface area contributed by atoms with Crippen LogP contribution in [0, 0.1) is 19.8 Å². The number of sulfonamides is 1. The van der Waals surface area contributed by atoms with Crippen molar-refractivity contribution in [1.82, 2.24) is 4.72 Å². The minimum atomic E-state index is -3.56. The van der Waals surface area contributed by atoms with Gasteiger partial charge in [-0.3, -0.25) is 0 Å². The van der Waals surface area contributed by atoms with Gasteiger partial charge in [-0.25, -0.2) is 13.1 Å². The first kappa shape index (κ1) is 16.5. The Morgan fingerprint density at radius 3 is 2.67 bits per heavy atom. The number of hydrogen-bond donors (Lipinski definition) is 2. The maximum absolute atomic E-state index is 12.3. The van der Waals surface area contributed by atoms with E-state index in [2.05, 4.69) is 11.6 Å². The highest BCUT2D eigenvalue weighted by atomic mass is 32.2. The monoisotopic (exact) mass is 311 g/mol. The minimum absolute atomic E-state index is 0.0899. The molecule has 2 N–H and O–H groups in total. The van der Waals surface area contributed by atoms with Crippen molar-refractivity contribution in [3.8, 4) is 0 Å². The second kappa shape index (κ2) is 6.07. The second-order valence-corrected chi connectivity index (χ2v) is 8.26. The van der Waals surface area contributed by atoms with Gasteiger partial charge in [0.1, 0.15) is 0 Å². The molecule has 2 unspecified atom stereocenters. The molecule has 1 aromatic rings. The minimum Gasteiger partial charge on any atom is -0.389 e. The lowest BCUT2D eigenvalue weighted by atomic mass is 9.79. The molecule has 21 heavy (non-hydrogen) atoms. The van der Waals surface area contributed by atoms with Crippen molar-refractivity contribution in [2.75, 3.05) is 6.54 Å². The summed E-state index contributed by atoms with van der Waals surface area (Å²) in [7, 11) is -3.56. The summed E-state index contributed by atoms with van der Waals surface area (Å²) in [5.41, 5.74) is 1.10. The lowest BCUT2D eigenvalue weighted by Gasteiger charge is -2.35. The van der Waals surface area contributed by atoms with E-state index in [0.717, 1.165) is 24.0 Å². The van der Waals surface area contributed by atoms with Crippen molar-refractivity contribution in [2.24, 2.45) is 5.92 Å². The summed E-state index contributed by atoms with van der Waals surface area (Å²) in [6.45, 7) is 6.03. The van der Waals surface area contributed by atoms with Crippen LogP contribution in [0.15, 0.2) is 23.1 Å². The quantitative estimate of drug-likeness (QED) is 0.898. The average Bonchev–Trinajstić information content (AvgIpc) is 2.40. The van der Waals surface area contributed by atoms with Crippen LogP contribution >= 0.6 is 0 Å². The summed E-state index contributed by atoms with van der Waals surface area (Å²) in [5, 5.41) is 10.5. The van der Waals surface area contributed by atoms with Crippen LogP contribution in [0.25, 0.3) is 0 Å². The predicted octanol–water partition coefficient (Wildman–Crippen LogP) is 2.52. The Bertz CT molecular complexity index is 612. The molecule has 1 aliphatic rings. The molecule has 1 aliphatic carbocycles. The van der Waals surface area contributed by atoms with Gasteiger partial charge >= 0.3 is 0 Å². The number of nitrogens with one attached hydrogen (secondary N) is 1. The van der Waals surface area contributed by atoms with E-state index in [-0.39, 0.29) is 11.4 Å². The summed E-state index contributed by atoms with van der Waals surface area (Å²) in [6, 6.07) is 5.09. The van der Waals surface area contributed by atoms with Crippen LogP contribution < -0.4 is 4.72 Å². The molecule has 2 atom stereocenters. The van der Waals surface area contributed by atoms with Gasteiger partial charge in [0.15, 0.2) is 0 Å². The van der Waals surface area contributed by atoms with Crippen LogP contribution in [-0.4, -0.2) is 25.7 Å². The molecule has 0 saturated heterocycles. The van der Waals surface area contributed by atoms with Gasteiger partial charge in [0.05, 0.1) is 10.5 Å². The fourth-order valence-electron chi connectivity index (χ4n) is 2.99. The molecule has 1 fully saturated rings. The topological polar surface area (TPSA) is 66.4 Å². The first-order valence-electron chi connectivity index (χ1n) is 7.51. The van der Waals surface area contributed by atoms with Gasteiger partial charge in [-0.15, -0.1) is 0 Å². The van der Waals surface area contributed by atoms with Gasteiger partial charge in [-0.05, 0) is 55.9 Å².